The van der Waals surface area contributed by atoms with Gasteiger partial charge in [0, 0.05) is 12.2 Å². The molecule has 0 aliphatic carbocycles. The zero-order valence-corrected chi connectivity index (χ0v) is 14.2. The lowest BCUT2D eigenvalue weighted by Crippen LogP contribution is -2.43. The molecule has 2 rings (SSSR count). The van der Waals surface area contributed by atoms with Gasteiger partial charge in [-0.25, -0.2) is 0 Å². The van der Waals surface area contributed by atoms with Crippen LogP contribution < -0.4 is 5.32 Å². The van der Waals surface area contributed by atoms with Crippen LogP contribution in [0.25, 0.3) is 0 Å². The minimum absolute atomic E-state index is 0.0741. The number of nitrogens with one attached hydrogen (secondary N) is 1. The normalized spacial score (nSPS) is 21.4. The second kappa shape index (κ2) is 7.90. The maximum Gasteiger partial charge on any atom is 0.251 e. The first-order chi connectivity index (χ1) is 10.9. The van der Waals surface area contributed by atoms with Crippen molar-refractivity contribution in [2.24, 2.45) is 0 Å². The van der Waals surface area contributed by atoms with Crippen molar-refractivity contribution in [2.45, 2.75) is 51.4 Å². The van der Waals surface area contributed by atoms with Gasteiger partial charge >= 0.3 is 0 Å². The molecule has 0 unspecified atom stereocenters. The SMILES string of the molecule is CCO[C@@H]1COC[C@H]1NC(=O)c1ccc(CCC(C)(C)O)cc1. The van der Waals surface area contributed by atoms with E-state index in [-0.39, 0.29) is 18.1 Å². The Morgan fingerprint density at radius 1 is 1.35 bits per heavy atom. The third-order valence-corrected chi connectivity index (χ3v) is 3.97. The molecule has 1 heterocycles. The minimum atomic E-state index is -0.674. The van der Waals surface area contributed by atoms with E-state index in [1.165, 1.54) is 0 Å². The standard InChI is InChI=1S/C18H27NO4/c1-4-23-16-12-22-11-15(16)19-17(20)14-7-5-13(6-8-14)9-10-18(2,3)21/h5-8,15-16,21H,4,9-12H2,1-3H3,(H,19,20)/t15-,16-/m1/s1. The molecule has 1 amide bonds. The third-order valence-electron chi connectivity index (χ3n) is 3.97. The molecule has 0 saturated carbocycles. The zero-order valence-electron chi connectivity index (χ0n) is 14.2. The van der Waals surface area contributed by atoms with Gasteiger partial charge in [0.1, 0.15) is 6.10 Å². The van der Waals surface area contributed by atoms with Crippen molar-refractivity contribution in [3.8, 4) is 0 Å². The first kappa shape index (κ1) is 17.9. The maximum absolute atomic E-state index is 12.3. The van der Waals surface area contributed by atoms with Crippen LogP contribution in [0.4, 0.5) is 0 Å². The molecule has 0 spiro atoms. The van der Waals surface area contributed by atoms with E-state index in [9.17, 15) is 9.90 Å². The van der Waals surface area contributed by atoms with Gasteiger partial charge in [-0.15, -0.1) is 0 Å². The number of carbonyl (C=O) groups excluding carboxylic acids is 1. The van der Waals surface area contributed by atoms with Gasteiger partial charge in [-0.05, 0) is 51.3 Å². The smallest absolute Gasteiger partial charge is 0.251 e. The Balaban J connectivity index is 1.90. The predicted molar refractivity (Wildman–Crippen MR) is 88.5 cm³/mol. The van der Waals surface area contributed by atoms with E-state index in [0.717, 1.165) is 12.0 Å². The summed E-state index contributed by atoms with van der Waals surface area (Å²) in [5.41, 5.74) is 1.06. The molecule has 5 nitrogen and oxygen atoms in total. The van der Waals surface area contributed by atoms with E-state index < -0.39 is 5.60 Å². The maximum atomic E-state index is 12.3. The van der Waals surface area contributed by atoms with E-state index in [1.54, 1.807) is 13.8 Å². The quantitative estimate of drug-likeness (QED) is 0.805. The molecular weight excluding hydrogens is 294 g/mol. The second-order valence-electron chi connectivity index (χ2n) is 6.62. The number of benzene rings is 1. The van der Waals surface area contributed by atoms with Gasteiger partial charge in [-0.2, -0.15) is 0 Å². The van der Waals surface area contributed by atoms with Gasteiger partial charge in [0.05, 0.1) is 24.9 Å². The summed E-state index contributed by atoms with van der Waals surface area (Å²) in [5, 5.41) is 12.7. The molecule has 128 valence electrons. The zero-order chi connectivity index (χ0) is 16.9. The average Bonchev–Trinajstić information content (AvgIpc) is 2.92. The van der Waals surface area contributed by atoms with Crippen molar-refractivity contribution in [3.63, 3.8) is 0 Å². The Labute approximate surface area is 138 Å². The summed E-state index contributed by atoms with van der Waals surface area (Å²) < 4.78 is 11.0. The molecule has 1 aliphatic heterocycles. The van der Waals surface area contributed by atoms with Gasteiger partial charge in [0.25, 0.3) is 5.91 Å². The Hall–Kier alpha value is -1.43. The summed E-state index contributed by atoms with van der Waals surface area (Å²) in [6.45, 7) is 7.15. The molecule has 2 atom stereocenters. The lowest BCUT2D eigenvalue weighted by Gasteiger charge is -2.19. The number of hydrogen-bond acceptors (Lipinski definition) is 4. The van der Waals surface area contributed by atoms with Gasteiger partial charge in [-0.1, -0.05) is 12.1 Å². The number of rotatable bonds is 7. The van der Waals surface area contributed by atoms with Crippen molar-refractivity contribution in [1.29, 1.82) is 0 Å². The van der Waals surface area contributed by atoms with Crippen molar-refractivity contribution in [2.75, 3.05) is 19.8 Å². The van der Waals surface area contributed by atoms with Crippen LogP contribution >= 0.6 is 0 Å². The fourth-order valence-corrected chi connectivity index (χ4v) is 2.57. The largest absolute Gasteiger partial charge is 0.390 e. The number of amides is 1. The second-order valence-corrected chi connectivity index (χ2v) is 6.62. The molecule has 1 aromatic carbocycles. The molecule has 23 heavy (non-hydrogen) atoms. The van der Waals surface area contributed by atoms with Crippen molar-refractivity contribution in [1.82, 2.24) is 5.32 Å². The fraction of sp³-hybridized carbons (Fsp3) is 0.611. The van der Waals surface area contributed by atoms with E-state index >= 15 is 0 Å². The third kappa shape index (κ3) is 5.61. The monoisotopic (exact) mass is 321 g/mol. The summed E-state index contributed by atoms with van der Waals surface area (Å²) in [6.07, 6.45) is 1.40. The predicted octanol–water partition coefficient (Wildman–Crippen LogP) is 1.92. The van der Waals surface area contributed by atoms with Crippen LogP contribution in [-0.2, 0) is 15.9 Å². The molecule has 1 fully saturated rings. The Morgan fingerprint density at radius 3 is 2.65 bits per heavy atom. The van der Waals surface area contributed by atoms with Crippen molar-refractivity contribution in [3.05, 3.63) is 35.4 Å². The lowest BCUT2D eigenvalue weighted by molar-refractivity contribution is 0.0402. The van der Waals surface area contributed by atoms with Gasteiger partial charge in [0.2, 0.25) is 0 Å². The summed E-state index contributed by atoms with van der Waals surface area (Å²) >= 11 is 0. The molecule has 1 aromatic rings. The summed E-state index contributed by atoms with van der Waals surface area (Å²) in [7, 11) is 0. The highest BCUT2D eigenvalue weighted by Gasteiger charge is 2.30. The first-order valence-electron chi connectivity index (χ1n) is 8.20. The van der Waals surface area contributed by atoms with Crippen molar-refractivity contribution >= 4 is 5.91 Å². The van der Waals surface area contributed by atoms with Gasteiger partial charge in [-0.3, -0.25) is 4.79 Å². The molecule has 1 saturated heterocycles. The molecule has 0 bridgehead atoms. The molecule has 2 N–H and O–H groups in total. The van der Waals surface area contributed by atoms with Crippen LogP contribution in [0.15, 0.2) is 24.3 Å². The molecule has 1 aliphatic rings. The molecule has 0 radical (unpaired) electrons. The molecule has 5 heteroatoms. The van der Waals surface area contributed by atoms with Gasteiger partial charge < -0.3 is 19.9 Å². The number of aryl methyl sites for hydroxylation is 1. The van der Waals surface area contributed by atoms with Crippen LogP contribution in [0.2, 0.25) is 0 Å². The lowest BCUT2D eigenvalue weighted by atomic mass is 9.98. The van der Waals surface area contributed by atoms with Crippen LogP contribution in [-0.4, -0.2) is 48.6 Å². The average molecular weight is 321 g/mol. The number of ether oxygens (including phenoxy) is 2. The molecular formula is C18H27NO4. The Morgan fingerprint density at radius 2 is 2.04 bits per heavy atom. The van der Waals surface area contributed by atoms with Crippen LogP contribution in [0.3, 0.4) is 0 Å². The van der Waals surface area contributed by atoms with Gasteiger partial charge in [0.15, 0.2) is 0 Å². The summed E-state index contributed by atoms with van der Waals surface area (Å²) in [6, 6.07) is 7.41. The summed E-state index contributed by atoms with van der Waals surface area (Å²) in [4.78, 5) is 12.3. The van der Waals surface area contributed by atoms with Crippen LogP contribution in [0.1, 0.15) is 43.1 Å². The van der Waals surface area contributed by atoms with Crippen molar-refractivity contribution < 1.29 is 19.4 Å². The molecule has 0 aromatic heterocycles. The summed E-state index contributed by atoms with van der Waals surface area (Å²) in [5.74, 6) is -0.112. The number of hydrogen-bond donors (Lipinski definition) is 2. The highest BCUT2D eigenvalue weighted by Crippen LogP contribution is 2.15. The Bertz CT molecular complexity index is 507. The van der Waals surface area contributed by atoms with E-state index in [4.69, 9.17) is 9.47 Å². The Kier molecular flexibility index (Phi) is 6.16. The first-order valence-corrected chi connectivity index (χ1v) is 8.20. The fourth-order valence-electron chi connectivity index (χ4n) is 2.57. The topological polar surface area (TPSA) is 67.8 Å². The van der Waals surface area contributed by atoms with Crippen LogP contribution in [0.5, 0.6) is 0 Å². The van der Waals surface area contributed by atoms with Crippen LogP contribution in [0, 0.1) is 0 Å². The van der Waals surface area contributed by atoms with E-state index in [2.05, 4.69) is 5.32 Å². The number of carbonyl (C=O) groups is 1. The van der Waals surface area contributed by atoms with E-state index in [0.29, 0.717) is 31.8 Å². The number of aliphatic hydroxyl groups is 1. The van der Waals surface area contributed by atoms with E-state index in [1.807, 2.05) is 31.2 Å². The highest BCUT2D eigenvalue weighted by molar-refractivity contribution is 5.94. The highest BCUT2D eigenvalue weighted by atomic mass is 16.5. The minimum Gasteiger partial charge on any atom is -0.390 e.